The summed E-state index contributed by atoms with van der Waals surface area (Å²) in [5.41, 5.74) is 6.69. The predicted molar refractivity (Wildman–Crippen MR) is 110 cm³/mol. The van der Waals surface area contributed by atoms with Crippen LogP contribution in [0.15, 0.2) is 34.8 Å². The lowest BCUT2D eigenvalue weighted by Gasteiger charge is -2.32. The molecule has 3 rings (SSSR count). The standard InChI is InChI=1S/C21H26BBrO2/c1-13-8-16(12-18(23)9-13)19-14(2)10-17(11-15(19)3)22-24-20(4,5)21(6,7)25-22/h8-12H,1-7H3. The topological polar surface area (TPSA) is 18.5 Å². The molecule has 0 aromatic heterocycles. The molecule has 2 aromatic carbocycles. The predicted octanol–water partition coefficient (Wildman–Crippen LogP) is 5.34. The Morgan fingerprint density at radius 1 is 0.800 bits per heavy atom. The monoisotopic (exact) mass is 400 g/mol. The maximum atomic E-state index is 6.21. The van der Waals surface area contributed by atoms with Gasteiger partial charge < -0.3 is 9.31 Å². The molecule has 1 heterocycles. The zero-order chi connectivity index (χ0) is 18.6. The summed E-state index contributed by atoms with van der Waals surface area (Å²) in [4.78, 5) is 0. The van der Waals surface area contributed by atoms with Crippen molar-refractivity contribution in [1.82, 2.24) is 0 Å². The molecule has 0 unspecified atom stereocenters. The maximum absolute atomic E-state index is 6.21. The summed E-state index contributed by atoms with van der Waals surface area (Å²) in [6, 6.07) is 10.9. The van der Waals surface area contributed by atoms with E-state index < -0.39 is 0 Å². The molecule has 4 heteroatoms. The van der Waals surface area contributed by atoms with Crippen LogP contribution in [0.25, 0.3) is 11.1 Å². The van der Waals surface area contributed by atoms with Crippen LogP contribution in [0, 0.1) is 20.8 Å². The molecule has 132 valence electrons. The van der Waals surface area contributed by atoms with Crippen molar-refractivity contribution in [2.24, 2.45) is 0 Å². The third-order valence-corrected chi connectivity index (χ3v) is 5.87. The molecule has 1 aliphatic heterocycles. The summed E-state index contributed by atoms with van der Waals surface area (Å²) < 4.78 is 13.5. The van der Waals surface area contributed by atoms with E-state index in [4.69, 9.17) is 9.31 Å². The molecule has 0 bridgehead atoms. The molecular weight excluding hydrogens is 375 g/mol. The molecule has 2 aromatic rings. The van der Waals surface area contributed by atoms with Crippen LogP contribution in [-0.4, -0.2) is 18.3 Å². The Hall–Kier alpha value is -1.10. The van der Waals surface area contributed by atoms with E-state index >= 15 is 0 Å². The van der Waals surface area contributed by atoms with Crippen LogP contribution in [0.4, 0.5) is 0 Å². The van der Waals surface area contributed by atoms with E-state index in [2.05, 4.69) is 94.7 Å². The minimum absolute atomic E-state index is 0.319. The van der Waals surface area contributed by atoms with Crippen molar-refractivity contribution in [3.05, 3.63) is 51.5 Å². The van der Waals surface area contributed by atoms with Gasteiger partial charge in [0.05, 0.1) is 11.2 Å². The van der Waals surface area contributed by atoms with Gasteiger partial charge in [0.25, 0.3) is 0 Å². The molecule has 0 saturated carbocycles. The van der Waals surface area contributed by atoms with Crippen molar-refractivity contribution in [2.75, 3.05) is 0 Å². The highest BCUT2D eigenvalue weighted by molar-refractivity contribution is 9.10. The van der Waals surface area contributed by atoms with Crippen LogP contribution >= 0.6 is 15.9 Å². The minimum atomic E-state index is -0.320. The Kier molecular flexibility index (Phi) is 4.68. The third-order valence-electron chi connectivity index (χ3n) is 5.41. The highest BCUT2D eigenvalue weighted by Gasteiger charge is 2.51. The van der Waals surface area contributed by atoms with Crippen molar-refractivity contribution < 1.29 is 9.31 Å². The van der Waals surface area contributed by atoms with Gasteiger partial charge in [0.15, 0.2) is 0 Å². The lowest BCUT2D eigenvalue weighted by Crippen LogP contribution is -2.41. The van der Waals surface area contributed by atoms with E-state index in [1.165, 1.54) is 27.8 Å². The molecule has 0 N–H and O–H groups in total. The smallest absolute Gasteiger partial charge is 0.399 e. The minimum Gasteiger partial charge on any atom is -0.399 e. The van der Waals surface area contributed by atoms with Gasteiger partial charge in [0.2, 0.25) is 0 Å². The first-order valence-electron chi connectivity index (χ1n) is 8.74. The Morgan fingerprint density at radius 3 is 1.80 bits per heavy atom. The van der Waals surface area contributed by atoms with E-state index in [-0.39, 0.29) is 18.3 Å². The fourth-order valence-corrected chi connectivity index (χ4v) is 4.06. The van der Waals surface area contributed by atoms with Gasteiger partial charge in [-0.05, 0) is 93.9 Å². The molecule has 0 amide bonds. The Balaban J connectivity index is 2.02. The third kappa shape index (κ3) is 3.44. The number of halogens is 1. The van der Waals surface area contributed by atoms with Crippen LogP contribution in [0.5, 0.6) is 0 Å². The van der Waals surface area contributed by atoms with Gasteiger partial charge in [-0.25, -0.2) is 0 Å². The van der Waals surface area contributed by atoms with E-state index in [1.807, 2.05) is 0 Å². The van der Waals surface area contributed by atoms with Gasteiger partial charge in [0, 0.05) is 4.47 Å². The van der Waals surface area contributed by atoms with Crippen LogP contribution in [0.3, 0.4) is 0 Å². The first-order valence-corrected chi connectivity index (χ1v) is 9.54. The van der Waals surface area contributed by atoms with Crippen LogP contribution in [0.1, 0.15) is 44.4 Å². The average Bonchev–Trinajstić information content (AvgIpc) is 2.65. The van der Waals surface area contributed by atoms with Crippen LogP contribution in [0.2, 0.25) is 0 Å². The fourth-order valence-electron chi connectivity index (χ4n) is 3.45. The zero-order valence-corrected chi connectivity index (χ0v) is 17.7. The Bertz CT molecular complexity index is 767. The molecule has 0 radical (unpaired) electrons. The van der Waals surface area contributed by atoms with E-state index in [0.717, 1.165) is 9.94 Å². The normalized spacial score (nSPS) is 18.6. The number of hydrogen-bond acceptors (Lipinski definition) is 2. The largest absolute Gasteiger partial charge is 0.494 e. The molecule has 1 aliphatic rings. The second kappa shape index (κ2) is 6.26. The van der Waals surface area contributed by atoms with Gasteiger partial charge in [-0.2, -0.15) is 0 Å². The first-order chi connectivity index (χ1) is 11.5. The van der Waals surface area contributed by atoms with E-state index in [9.17, 15) is 0 Å². The summed E-state index contributed by atoms with van der Waals surface area (Å²) >= 11 is 3.61. The Labute approximate surface area is 160 Å². The lowest BCUT2D eigenvalue weighted by atomic mass is 9.76. The SMILES string of the molecule is Cc1cc(Br)cc(-c2c(C)cc(B3OC(C)(C)C(C)(C)O3)cc2C)c1. The first kappa shape index (κ1) is 18.7. The number of hydrogen-bond donors (Lipinski definition) is 0. The van der Waals surface area contributed by atoms with Crippen LogP contribution < -0.4 is 5.46 Å². The van der Waals surface area contributed by atoms with Crippen molar-refractivity contribution in [3.8, 4) is 11.1 Å². The molecule has 2 nitrogen and oxygen atoms in total. The second-order valence-corrected chi connectivity index (χ2v) is 9.05. The molecular formula is C21H26BBrO2. The van der Waals surface area contributed by atoms with E-state index in [0.29, 0.717) is 0 Å². The van der Waals surface area contributed by atoms with Gasteiger partial charge in [-0.3, -0.25) is 0 Å². The number of rotatable bonds is 2. The second-order valence-electron chi connectivity index (χ2n) is 8.14. The number of benzene rings is 2. The van der Waals surface area contributed by atoms with E-state index in [1.54, 1.807) is 0 Å². The molecule has 1 fully saturated rings. The quantitative estimate of drug-likeness (QED) is 0.633. The molecule has 25 heavy (non-hydrogen) atoms. The van der Waals surface area contributed by atoms with Gasteiger partial charge >= 0.3 is 7.12 Å². The van der Waals surface area contributed by atoms with Gasteiger partial charge in [0.1, 0.15) is 0 Å². The summed E-state index contributed by atoms with van der Waals surface area (Å²) in [5.74, 6) is 0. The summed E-state index contributed by atoms with van der Waals surface area (Å²) in [6.45, 7) is 14.8. The highest BCUT2D eigenvalue weighted by Crippen LogP contribution is 2.37. The molecule has 0 aliphatic carbocycles. The maximum Gasteiger partial charge on any atom is 0.494 e. The van der Waals surface area contributed by atoms with Gasteiger partial charge in [-0.1, -0.05) is 34.1 Å². The average molecular weight is 401 g/mol. The number of aryl methyl sites for hydroxylation is 3. The van der Waals surface area contributed by atoms with Gasteiger partial charge in [-0.15, -0.1) is 0 Å². The van der Waals surface area contributed by atoms with Crippen molar-refractivity contribution in [3.63, 3.8) is 0 Å². The molecule has 1 saturated heterocycles. The molecule has 0 atom stereocenters. The van der Waals surface area contributed by atoms with Crippen molar-refractivity contribution in [1.29, 1.82) is 0 Å². The highest BCUT2D eigenvalue weighted by atomic mass is 79.9. The molecule has 0 spiro atoms. The summed E-state index contributed by atoms with van der Waals surface area (Å²) in [5, 5.41) is 0. The zero-order valence-electron chi connectivity index (χ0n) is 16.2. The summed E-state index contributed by atoms with van der Waals surface area (Å²) in [6.07, 6.45) is 0. The Morgan fingerprint density at radius 2 is 1.32 bits per heavy atom. The lowest BCUT2D eigenvalue weighted by molar-refractivity contribution is 0.00578. The fraction of sp³-hybridized carbons (Fsp3) is 0.429. The van der Waals surface area contributed by atoms with Crippen molar-refractivity contribution in [2.45, 2.75) is 59.7 Å². The summed E-state index contributed by atoms with van der Waals surface area (Å²) in [7, 11) is -0.319. The van der Waals surface area contributed by atoms with Crippen molar-refractivity contribution >= 4 is 28.5 Å². The van der Waals surface area contributed by atoms with Crippen LogP contribution in [-0.2, 0) is 9.31 Å².